The molecule has 6 atom stereocenters. The van der Waals surface area contributed by atoms with Crippen LogP contribution in [0.1, 0.15) is 58.3 Å². The van der Waals surface area contributed by atoms with Gasteiger partial charge in [-0.3, -0.25) is 0 Å². The Kier molecular flexibility index (Phi) is 3.36. The van der Waals surface area contributed by atoms with E-state index in [-0.39, 0.29) is 16.9 Å². The van der Waals surface area contributed by atoms with Gasteiger partial charge in [-0.1, -0.05) is 30.7 Å². The van der Waals surface area contributed by atoms with E-state index < -0.39 is 0 Å². The maximum atomic E-state index is 10.5. The van der Waals surface area contributed by atoms with Crippen LogP contribution in [0, 0.1) is 28.6 Å². The molecule has 2 nitrogen and oxygen atoms in total. The van der Waals surface area contributed by atoms with E-state index >= 15 is 0 Å². The highest BCUT2D eigenvalue weighted by molar-refractivity contribution is 5.34. The molecule has 22 heavy (non-hydrogen) atoms. The van der Waals surface area contributed by atoms with Crippen LogP contribution in [0.2, 0.25) is 0 Å². The second kappa shape index (κ2) is 4.95. The Morgan fingerprint density at radius 2 is 1.95 bits per heavy atom. The average molecular weight is 302 g/mol. The van der Waals surface area contributed by atoms with Crippen molar-refractivity contribution in [1.82, 2.24) is 0 Å². The molecule has 0 saturated heterocycles. The van der Waals surface area contributed by atoms with Crippen LogP contribution in [0.25, 0.3) is 0 Å². The summed E-state index contributed by atoms with van der Waals surface area (Å²) >= 11 is 0. The van der Waals surface area contributed by atoms with Crippen molar-refractivity contribution in [3.05, 3.63) is 23.8 Å². The monoisotopic (exact) mass is 302 g/mol. The van der Waals surface area contributed by atoms with Crippen molar-refractivity contribution in [2.45, 2.75) is 64.4 Å². The highest BCUT2D eigenvalue weighted by Crippen LogP contribution is 2.65. The molecule has 0 aromatic rings. The van der Waals surface area contributed by atoms with E-state index in [0.717, 1.165) is 32.1 Å². The highest BCUT2D eigenvalue weighted by atomic mass is 16.3. The molecule has 2 N–H and O–H groups in total. The van der Waals surface area contributed by atoms with E-state index in [4.69, 9.17) is 0 Å². The van der Waals surface area contributed by atoms with Crippen LogP contribution >= 0.6 is 0 Å². The molecule has 2 heteroatoms. The van der Waals surface area contributed by atoms with Crippen molar-refractivity contribution in [3.8, 4) is 0 Å². The lowest BCUT2D eigenvalue weighted by Crippen LogP contribution is -2.53. The Hall–Kier alpha value is -0.600. The zero-order chi connectivity index (χ0) is 15.5. The molecule has 0 radical (unpaired) electrons. The summed E-state index contributed by atoms with van der Waals surface area (Å²) in [7, 11) is 0. The molecule has 0 aliphatic heterocycles. The van der Waals surface area contributed by atoms with Gasteiger partial charge in [0.1, 0.15) is 0 Å². The van der Waals surface area contributed by atoms with Crippen molar-refractivity contribution in [2.24, 2.45) is 28.6 Å². The van der Waals surface area contributed by atoms with Crippen LogP contribution in [0.3, 0.4) is 0 Å². The molecule has 0 heterocycles. The lowest BCUT2D eigenvalue weighted by atomic mass is 9.47. The normalized spacial score (nSPS) is 50.9. The minimum absolute atomic E-state index is 0.0268. The first-order valence-corrected chi connectivity index (χ1v) is 9.19. The average Bonchev–Trinajstić information content (AvgIpc) is 2.82. The molecule has 0 amide bonds. The van der Waals surface area contributed by atoms with Gasteiger partial charge in [0.15, 0.2) is 0 Å². The first kappa shape index (κ1) is 15.0. The molecule has 0 spiro atoms. The van der Waals surface area contributed by atoms with Gasteiger partial charge in [0, 0.05) is 5.41 Å². The van der Waals surface area contributed by atoms with Gasteiger partial charge in [0.25, 0.3) is 0 Å². The number of hydrogen-bond acceptors (Lipinski definition) is 2. The number of aliphatic hydroxyl groups excluding tert-OH is 2. The molecular weight excluding hydrogens is 272 g/mol. The fourth-order valence-electron chi connectivity index (χ4n) is 6.72. The molecule has 4 aliphatic rings. The van der Waals surface area contributed by atoms with Gasteiger partial charge in [-0.05, 0) is 74.5 Å². The minimum Gasteiger partial charge on any atom is -0.395 e. The van der Waals surface area contributed by atoms with Crippen molar-refractivity contribution in [3.63, 3.8) is 0 Å². The summed E-state index contributed by atoms with van der Waals surface area (Å²) in [6.07, 6.45) is 11.2. The minimum atomic E-state index is -0.105. The first-order valence-electron chi connectivity index (χ1n) is 9.19. The zero-order valence-corrected chi connectivity index (χ0v) is 13.9. The van der Waals surface area contributed by atoms with Gasteiger partial charge in [0.05, 0.1) is 12.7 Å². The summed E-state index contributed by atoms with van der Waals surface area (Å²) in [6.45, 7) is 6.79. The van der Waals surface area contributed by atoms with E-state index in [0.29, 0.717) is 24.4 Å². The Bertz CT molecular complexity index is 522. The molecule has 0 bridgehead atoms. The van der Waals surface area contributed by atoms with Crippen molar-refractivity contribution >= 4 is 0 Å². The van der Waals surface area contributed by atoms with E-state index in [9.17, 15) is 10.2 Å². The van der Waals surface area contributed by atoms with Crippen LogP contribution in [0.4, 0.5) is 0 Å². The summed E-state index contributed by atoms with van der Waals surface area (Å²) in [5, 5.41) is 20.8. The Morgan fingerprint density at radius 1 is 1.14 bits per heavy atom. The highest BCUT2D eigenvalue weighted by Gasteiger charge is 2.59. The van der Waals surface area contributed by atoms with Crippen molar-refractivity contribution < 1.29 is 10.2 Å². The molecule has 3 saturated carbocycles. The summed E-state index contributed by atoms with van der Waals surface area (Å²) in [4.78, 5) is 0. The van der Waals surface area contributed by atoms with Gasteiger partial charge < -0.3 is 10.2 Å². The zero-order valence-electron chi connectivity index (χ0n) is 13.9. The number of allylic oxidation sites excluding steroid dienone is 2. The van der Waals surface area contributed by atoms with Crippen molar-refractivity contribution in [2.75, 3.05) is 6.61 Å². The fourth-order valence-corrected chi connectivity index (χ4v) is 6.72. The third kappa shape index (κ3) is 1.80. The maximum Gasteiger partial charge on any atom is 0.0596 e. The predicted molar refractivity (Wildman–Crippen MR) is 88.3 cm³/mol. The van der Waals surface area contributed by atoms with Crippen LogP contribution in [0.15, 0.2) is 23.8 Å². The summed E-state index contributed by atoms with van der Waals surface area (Å²) < 4.78 is 0. The van der Waals surface area contributed by atoms with Crippen LogP contribution in [-0.2, 0) is 0 Å². The van der Waals surface area contributed by atoms with Crippen LogP contribution < -0.4 is 0 Å². The van der Waals surface area contributed by atoms with E-state index in [2.05, 4.69) is 19.6 Å². The maximum absolute atomic E-state index is 10.5. The van der Waals surface area contributed by atoms with Gasteiger partial charge in [-0.25, -0.2) is 0 Å². The summed E-state index contributed by atoms with van der Waals surface area (Å²) in [6, 6.07) is 0. The summed E-state index contributed by atoms with van der Waals surface area (Å²) in [5.41, 5.74) is 2.89. The molecule has 4 aliphatic carbocycles. The third-order valence-corrected chi connectivity index (χ3v) is 8.04. The van der Waals surface area contributed by atoms with Crippen LogP contribution in [-0.4, -0.2) is 22.9 Å². The second-order valence-corrected chi connectivity index (χ2v) is 8.70. The number of fused-ring (bicyclic) bond motifs is 5. The SMILES string of the molecule is C=C1C=C2CC[C@@H]3[C@H](CC[C@]4(C)[C@@H](O)CC[C@@H]34)[C@@]2(CO)CC1. The van der Waals surface area contributed by atoms with Crippen molar-refractivity contribution in [1.29, 1.82) is 0 Å². The molecule has 0 aromatic heterocycles. The van der Waals surface area contributed by atoms with Gasteiger partial charge >= 0.3 is 0 Å². The number of rotatable bonds is 1. The van der Waals surface area contributed by atoms with E-state index in [1.807, 2.05) is 0 Å². The Labute approximate surface area is 134 Å². The standard InChI is InChI=1S/C20H30O2/c1-13-7-10-20(12-21)14(11-13)3-4-15-16-5-6-18(22)19(16,2)9-8-17(15)20/h11,15-18,21-22H,1,3-10,12H2,2H3/t15-,16-,17-,18-,19-,20+/m0/s1. The smallest absolute Gasteiger partial charge is 0.0596 e. The van der Waals surface area contributed by atoms with Gasteiger partial charge in [-0.2, -0.15) is 0 Å². The molecule has 122 valence electrons. The predicted octanol–water partition coefficient (Wildman–Crippen LogP) is 3.84. The molecular formula is C20H30O2. The largest absolute Gasteiger partial charge is 0.395 e. The Balaban J connectivity index is 1.71. The lowest BCUT2D eigenvalue weighted by Gasteiger charge is -2.58. The summed E-state index contributed by atoms with van der Waals surface area (Å²) in [5.74, 6) is 1.98. The molecule has 4 rings (SSSR count). The quantitative estimate of drug-likeness (QED) is 0.772. The lowest BCUT2D eigenvalue weighted by molar-refractivity contribution is -0.0892. The first-order chi connectivity index (χ1) is 10.5. The number of hydrogen-bond donors (Lipinski definition) is 2. The fraction of sp³-hybridized carbons (Fsp3) is 0.800. The molecule has 0 aromatic carbocycles. The van der Waals surface area contributed by atoms with E-state index in [1.54, 1.807) is 0 Å². The Morgan fingerprint density at radius 3 is 2.73 bits per heavy atom. The molecule has 3 fully saturated rings. The topological polar surface area (TPSA) is 40.5 Å². The second-order valence-electron chi connectivity index (χ2n) is 8.70. The van der Waals surface area contributed by atoms with Gasteiger partial charge in [0.2, 0.25) is 0 Å². The number of aliphatic hydroxyl groups is 2. The van der Waals surface area contributed by atoms with Crippen LogP contribution in [0.5, 0.6) is 0 Å². The molecule has 0 unspecified atom stereocenters. The van der Waals surface area contributed by atoms with E-state index in [1.165, 1.54) is 30.4 Å². The third-order valence-electron chi connectivity index (χ3n) is 8.04. The van der Waals surface area contributed by atoms with Gasteiger partial charge in [-0.15, -0.1) is 0 Å².